The largest absolute Gasteiger partial charge is 0.493 e. The van der Waals surface area contributed by atoms with E-state index >= 15 is 0 Å². The molecule has 0 saturated carbocycles. The Balaban J connectivity index is 1.86. The predicted octanol–water partition coefficient (Wildman–Crippen LogP) is 3.67. The normalized spacial score (nSPS) is 10.4. The molecule has 0 saturated heterocycles. The molecule has 0 spiro atoms. The van der Waals surface area contributed by atoms with Gasteiger partial charge in [0.1, 0.15) is 5.69 Å². The van der Waals surface area contributed by atoms with Crippen molar-refractivity contribution in [3.63, 3.8) is 0 Å². The maximum absolute atomic E-state index is 5.30. The number of hydrogen-bond acceptors (Lipinski definition) is 7. The third-order valence-corrected chi connectivity index (χ3v) is 3.95. The van der Waals surface area contributed by atoms with Crippen LogP contribution in [0.25, 0.3) is 11.4 Å². The lowest BCUT2D eigenvalue weighted by Crippen LogP contribution is -1.99. The number of hydrogen-bond donors (Lipinski definition) is 1. The molecule has 0 unspecified atom stereocenters. The molecular weight excluding hydrogens is 312 g/mol. The zero-order valence-electron chi connectivity index (χ0n) is 13.0. The Morgan fingerprint density at radius 3 is 2.52 bits per heavy atom. The summed E-state index contributed by atoms with van der Waals surface area (Å²) >= 11 is 1.60. The van der Waals surface area contributed by atoms with Gasteiger partial charge in [-0.3, -0.25) is 0 Å². The number of aromatic nitrogens is 3. The minimum absolute atomic E-state index is 0.500. The summed E-state index contributed by atoms with van der Waals surface area (Å²) in [6.45, 7) is 1.97. The van der Waals surface area contributed by atoms with Crippen molar-refractivity contribution in [2.24, 2.45) is 0 Å². The van der Waals surface area contributed by atoms with Crippen LogP contribution >= 0.6 is 11.3 Å². The molecule has 0 radical (unpaired) electrons. The molecule has 3 rings (SSSR count). The first-order valence-corrected chi connectivity index (χ1v) is 7.82. The zero-order valence-corrected chi connectivity index (χ0v) is 13.8. The summed E-state index contributed by atoms with van der Waals surface area (Å²) in [5, 5.41) is 6.16. The molecule has 1 aromatic carbocycles. The summed E-state index contributed by atoms with van der Waals surface area (Å²) in [6, 6.07) is 7.38. The number of methoxy groups -OCH3 is 2. The van der Waals surface area contributed by atoms with Gasteiger partial charge in [-0.15, -0.1) is 11.3 Å². The highest BCUT2D eigenvalue weighted by molar-refractivity contribution is 7.09. The summed E-state index contributed by atoms with van der Waals surface area (Å²) in [6.07, 6.45) is 1.71. The van der Waals surface area contributed by atoms with E-state index in [1.165, 1.54) is 0 Å². The van der Waals surface area contributed by atoms with Crippen molar-refractivity contribution in [3.8, 4) is 22.9 Å². The Labute approximate surface area is 138 Å². The molecule has 0 amide bonds. The van der Waals surface area contributed by atoms with Crippen molar-refractivity contribution in [1.29, 1.82) is 0 Å². The van der Waals surface area contributed by atoms with Crippen LogP contribution in [-0.4, -0.2) is 29.2 Å². The summed E-state index contributed by atoms with van der Waals surface area (Å²) in [7, 11) is 3.21. The van der Waals surface area contributed by atoms with Crippen LogP contribution in [0, 0.1) is 6.92 Å². The van der Waals surface area contributed by atoms with Gasteiger partial charge >= 0.3 is 0 Å². The third-order valence-electron chi connectivity index (χ3n) is 3.18. The van der Waals surface area contributed by atoms with Crippen molar-refractivity contribution < 1.29 is 9.47 Å². The van der Waals surface area contributed by atoms with E-state index < -0.39 is 0 Å². The number of benzene rings is 1. The monoisotopic (exact) mass is 328 g/mol. The number of anilines is 2. The highest BCUT2D eigenvalue weighted by Crippen LogP contribution is 2.30. The van der Waals surface area contributed by atoms with Crippen LogP contribution in [-0.2, 0) is 0 Å². The number of thiazole rings is 1. The van der Waals surface area contributed by atoms with Gasteiger partial charge in [0.15, 0.2) is 11.5 Å². The topological polar surface area (TPSA) is 69.2 Å². The van der Waals surface area contributed by atoms with Crippen molar-refractivity contribution in [2.45, 2.75) is 6.92 Å². The summed E-state index contributed by atoms with van der Waals surface area (Å²) in [4.78, 5) is 13.2. The number of nitrogens with one attached hydrogen (secondary N) is 1. The van der Waals surface area contributed by atoms with E-state index in [1.807, 2.05) is 36.6 Å². The number of aryl methyl sites for hydroxylation is 1. The Morgan fingerprint density at radius 1 is 1.00 bits per heavy atom. The first-order chi connectivity index (χ1) is 11.2. The molecule has 0 aliphatic heterocycles. The van der Waals surface area contributed by atoms with Crippen LogP contribution in [0.2, 0.25) is 0 Å². The van der Waals surface area contributed by atoms with E-state index in [0.29, 0.717) is 17.4 Å². The molecule has 7 heteroatoms. The second kappa shape index (κ2) is 6.62. The first-order valence-electron chi connectivity index (χ1n) is 6.94. The summed E-state index contributed by atoms with van der Waals surface area (Å²) in [5.74, 6) is 1.81. The molecule has 0 atom stereocenters. The average Bonchev–Trinajstić information content (AvgIpc) is 3.01. The fourth-order valence-electron chi connectivity index (χ4n) is 2.09. The van der Waals surface area contributed by atoms with Gasteiger partial charge in [0.05, 0.1) is 24.9 Å². The molecule has 23 heavy (non-hydrogen) atoms. The van der Waals surface area contributed by atoms with Gasteiger partial charge in [-0.1, -0.05) is 0 Å². The highest BCUT2D eigenvalue weighted by Gasteiger charge is 2.08. The lowest BCUT2D eigenvalue weighted by Gasteiger charge is -2.10. The Morgan fingerprint density at radius 2 is 1.83 bits per heavy atom. The van der Waals surface area contributed by atoms with E-state index in [9.17, 15) is 0 Å². The minimum atomic E-state index is 0.500. The van der Waals surface area contributed by atoms with Gasteiger partial charge in [-0.2, -0.15) is 0 Å². The third kappa shape index (κ3) is 3.40. The Kier molecular flexibility index (Phi) is 4.38. The molecule has 3 aromatic rings. The predicted molar refractivity (Wildman–Crippen MR) is 90.7 cm³/mol. The number of nitrogens with zero attached hydrogens (tertiary/aromatic N) is 3. The maximum atomic E-state index is 5.30. The lowest BCUT2D eigenvalue weighted by atomic mass is 10.2. The second-order valence-electron chi connectivity index (χ2n) is 4.71. The lowest BCUT2D eigenvalue weighted by molar-refractivity contribution is 0.355. The van der Waals surface area contributed by atoms with Gasteiger partial charge in [0, 0.05) is 23.3 Å². The molecule has 2 aromatic heterocycles. The van der Waals surface area contributed by atoms with Crippen molar-refractivity contribution >= 4 is 23.0 Å². The van der Waals surface area contributed by atoms with Crippen LogP contribution in [0.4, 0.5) is 11.6 Å². The van der Waals surface area contributed by atoms with Crippen LogP contribution in [0.3, 0.4) is 0 Å². The van der Waals surface area contributed by atoms with E-state index in [1.54, 1.807) is 31.8 Å². The van der Waals surface area contributed by atoms with Crippen molar-refractivity contribution in [1.82, 2.24) is 15.0 Å². The zero-order chi connectivity index (χ0) is 16.2. The molecule has 6 nitrogen and oxygen atoms in total. The van der Waals surface area contributed by atoms with E-state index in [-0.39, 0.29) is 0 Å². The standard InChI is InChI=1S/C16H16N4O2S/c1-10-18-13(9-23-10)12-6-7-17-16(20-12)19-11-4-5-14(21-2)15(8-11)22-3/h4-9H,1-3H3,(H,17,19,20). The highest BCUT2D eigenvalue weighted by atomic mass is 32.1. The maximum Gasteiger partial charge on any atom is 0.227 e. The average molecular weight is 328 g/mol. The molecule has 2 heterocycles. The van der Waals surface area contributed by atoms with Crippen LogP contribution in [0.1, 0.15) is 5.01 Å². The van der Waals surface area contributed by atoms with Gasteiger partial charge in [0.25, 0.3) is 0 Å². The van der Waals surface area contributed by atoms with Crippen LogP contribution in [0.5, 0.6) is 11.5 Å². The molecule has 1 N–H and O–H groups in total. The molecule has 118 valence electrons. The fourth-order valence-corrected chi connectivity index (χ4v) is 2.69. The van der Waals surface area contributed by atoms with E-state index in [4.69, 9.17) is 9.47 Å². The minimum Gasteiger partial charge on any atom is -0.493 e. The van der Waals surface area contributed by atoms with Gasteiger partial charge < -0.3 is 14.8 Å². The van der Waals surface area contributed by atoms with Crippen LogP contribution < -0.4 is 14.8 Å². The first kappa shape index (κ1) is 15.2. The summed E-state index contributed by atoms with van der Waals surface area (Å²) in [5.41, 5.74) is 2.45. The van der Waals surface area contributed by atoms with Gasteiger partial charge in [-0.05, 0) is 25.1 Å². The van der Waals surface area contributed by atoms with Crippen LogP contribution in [0.15, 0.2) is 35.8 Å². The molecule has 0 aliphatic carbocycles. The second-order valence-corrected chi connectivity index (χ2v) is 5.77. The number of rotatable bonds is 5. The Hall–Kier alpha value is -2.67. The van der Waals surface area contributed by atoms with E-state index in [0.717, 1.165) is 22.1 Å². The molecular formula is C16H16N4O2S. The fraction of sp³-hybridized carbons (Fsp3) is 0.188. The Bertz CT molecular complexity index is 819. The molecule has 0 aliphatic rings. The molecule has 0 fully saturated rings. The quantitative estimate of drug-likeness (QED) is 0.770. The SMILES string of the molecule is COc1ccc(Nc2nccc(-c3csc(C)n3)n2)cc1OC. The van der Waals surface area contributed by atoms with Crippen molar-refractivity contribution in [2.75, 3.05) is 19.5 Å². The van der Waals surface area contributed by atoms with Crippen molar-refractivity contribution in [3.05, 3.63) is 40.8 Å². The number of ether oxygens (including phenoxy) is 2. The van der Waals surface area contributed by atoms with Gasteiger partial charge in [0.2, 0.25) is 5.95 Å². The smallest absolute Gasteiger partial charge is 0.227 e. The molecule has 0 bridgehead atoms. The summed E-state index contributed by atoms with van der Waals surface area (Å²) < 4.78 is 10.5. The van der Waals surface area contributed by atoms with E-state index in [2.05, 4.69) is 20.3 Å². The van der Waals surface area contributed by atoms with Gasteiger partial charge in [-0.25, -0.2) is 15.0 Å².